The molecule has 1 aliphatic rings. The molecule has 0 bridgehead atoms. The van der Waals surface area contributed by atoms with Gasteiger partial charge in [-0.2, -0.15) is 0 Å². The maximum atomic E-state index is 12.4. The molecule has 2 unspecified atom stereocenters. The Morgan fingerprint density at radius 1 is 1.24 bits per heavy atom. The fourth-order valence-corrected chi connectivity index (χ4v) is 3.00. The minimum atomic E-state index is -1.04. The van der Waals surface area contributed by atoms with Crippen molar-refractivity contribution in [2.75, 3.05) is 12.4 Å². The smallest absolute Gasteiger partial charge is 0.337 e. The summed E-state index contributed by atoms with van der Waals surface area (Å²) in [7, 11) is 1.78. The quantitative estimate of drug-likeness (QED) is 0.896. The molecule has 1 saturated carbocycles. The van der Waals surface area contributed by atoms with Crippen molar-refractivity contribution in [3.05, 3.63) is 29.8 Å². The number of amides is 2. The topological polar surface area (TPSA) is 69.6 Å². The summed E-state index contributed by atoms with van der Waals surface area (Å²) in [6.07, 6.45) is 4.49. The van der Waals surface area contributed by atoms with Crippen LogP contribution in [0.15, 0.2) is 24.3 Å². The first-order chi connectivity index (χ1) is 10.0. The molecule has 2 atom stereocenters. The summed E-state index contributed by atoms with van der Waals surface area (Å²) in [5, 5.41) is 11.9. The van der Waals surface area contributed by atoms with Crippen LogP contribution in [0.2, 0.25) is 0 Å². The highest BCUT2D eigenvalue weighted by Gasteiger charge is 2.28. The summed E-state index contributed by atoms with van der Waals surface area (Å²) in [6.45, 7) is 2.17. The number of benzene rings is 1. The second kappa shape index (κ2) is 6.61. The Morgan fingerprint density at radius 2 is 1.90 bits per heavy atom. The average molecular weight is 290 g/mol. The molecule has 1 aromatic rings. The number of urea groups is 1. The van der Waals surface area contributed by atoms with Crippen LogP contribution in [-0.2, 0) is 0 Å². The van der Waals surface area contributed by atoms with Gasteiger partial charge in [0.2, 0.25) is 0 Å². The van der Waals surface area contributed by atoms with Crippen molar-refractivity contribution in [1.29, 1.82) is 0 Å². The van der Waals surface area contributed by atoms with Gasteiger partial charge in [-0.05, 0) is 30.9 Å². The zero-order valence-corrected chi connectivity index (χ0v) is 12.5. The summed E-state index contributed by atoms with van der Waals surface area (Å²) < 4.78 is 0. The van der Waals surface area contributed by atoms with Crippen molar-refractivity contribution in [3.8, 4) is 0 Å². The normalized spacial score (nSPS) is 21.6. The predicted molar refractivity (Wildman–Crippen MR) is 81.6 cm³/mol. The molecular weight excluding hydrogens is 268 g/mol. The van der Waals surface area contributed by atoms with E-state index >= 15 is 0 Å². The first kappa shape index (κ1) is 15.4. The molecule has 114 valence electrons. The highest BCUT2D eigenvalue weighted by molar-refractivity contribution is 5.99. The molecule has 0 aliphatic heterocycles. The molecule has 5 nitrogen and oxygen atoms in total. The zero-order valence-electron chi connectivity index (χ0n) is 12.5. The van der Waals surface area contributed by atoms with Crippen LogP contribution in [0, 0.1) is 5.92 Å². The lowest BCUT2D eigenvalue weighted by atomic mass is 9.85. The molecule has 0 spiro atoms. The molecule has 21 heavy (non-hydrogen) atoms. The third kappa shape index (κ3) is 3.54. The van der Waals surface area contributed by atoms with E-state index in [2.05, 4.69) is 12.2 Å². The van der Waals surface area contributed by atoms with Crippen molar-refractivity contribution in [2.45, 2.75) is 38.6 Å². The Balaban J connectivity index is 2.09. The minimum absolute atomic E-state index is 0.107. The van der Waals surface area contributed by atoms with Gasteiger partial charge >= 0.3 is 12.0 Å². The molecule has 0 aromatic heterocycles. The number of anilines is 1. The summed E-state index contributed by atoms with van der Waals surface area (Å²) in [5.41, 5.74) is 0.446. The van der Waals surface area contributed by atoms with Crippen LogP contribution in [0.4, 0.5) is 10.5 Å². The van der Waals surface area contributed by atoms with E-state index in [1.54, 1.807) is 30.1 Å². The second-order valence-corrected chi connectivity index (χ2v) is 5.72. The minimum Gasteiger partial charge on any atom is -0.478 e. The van der Waals surface area contributed by atoms with Crippen molar-refractivity contribution in [2.24, 2.45) is 5.92 Å². The third-order valence-corrected chi connectivity index (χ3v) is 4.28. The molecule has 0 heterocycles. The van der Waals surface area contributed by atoms with E-state index in [4.69, 9.17) is 5.11 Å². The number of aromatic carboxylic acids is 1. The molecule has 0 radical (unpaired) electrons. The number of carbonyl (C=O) groups is 2. The van der Waals surface area contributed by atoms with Gasteiger partial charge in [-0.3, -0.25) is 0 Å². The average Bonchev–Trinajstić information content (AvgIpc) is 2.47. The Kier molecular flexibility index (Phi) is 4.83. The molecule has 1 aliphatic carbocycles. The number of carbonyl (C=O) groups excluding carboxylic acids is 1. The van der Waals surface area contributed by atoms with Crippen molar-refractivity contribution >= 4 is 17.7 Å². The third-order valence-electron chi connectivity index (χ3n) is 4.28. The lowest BCUT2D eigenvalue weighted by molar-refractivity contribution is 0.0698. The van der Waals surface area contributed by atoms with Gasteiger partial charge in [-0.1, -0.05) is 31.9 Å². The van der Waals surface area contributed by atoms with Crippen molar-refractivity contribution < 1.29 is 14.7 Å². The van der Waals surface area contributed by atoms with Crippen LogP contribution in [0.5, 0.6) is 0 Å². The Morgan fingerprint density at radius 3 is 2.57 bits per heavy atom. The van der Waals surface area contributed by atoms with Crippen molar-refractivity contribution in [3.63, 3.8) is 0 Å². The number of hydrogen-bond acceptors (Lipinski definition) is 2. The van der Waals surface area contributed by atoms with Crippen molar-refractivity contribution in [1.82, 2.24) is 4.90 Å². The number of para-hydroxylation sites is 1. The lowest BCUT2D eigenvalue weighted by Crippen LogP contribution is -2.44. The van der Waals surface area contributed by atoms with Crippen LogP contribution >= 0.6 is 0 Å². The number of carboxylic acids is 1. The van der Waals surface area contributed by atoms with Gasteiger partial charge in [0.15, 0.2) is 0 Å². The standard InChI is InChI=1S/C16H22N2O3/c1-11-7-3-6-10-14(11)18(2)16(21)17-13-9-5-4-8-12(13)15(19)20/h4-5,8-9,11,14H,3,6-7,10H2,1-2H3,(H,17,21)(H,19,20). The Labute approximate surface area is 125 Å². The van der Waals surface area contributed by atoms with E-state index in [0.717, 1.165) is 19.3 Å². The van der Waals surface area contributed by atoms with Crippen LogP contribution in [-0.4, -0.2) is 35.1 Å². The number of nitrogens with one attached hydrogen (secondary N) is 1. The molecule has 2 N–H and O–H groups in total. The van der Waals surface area contributed by atoms with E-state index in [0.29, 0.717) is 11.6 Å². The lowest BCUT2D eigenvalue weighted by Gasteiger charge is -2.36. The fourth-order valence-electron chi connectivity index (χ4n) is 3.00. The van der Waals surface area contributed by atoms with Gasteiger partial charge in [-0.15, -0.1) is 0 Å². The van der Waals surface area contributed by atoms with E-state index < -0.39 is 5.97 Å². The van der Waals surface area contributed by atoms with E-state index in [1.807, 2.05) is 0 Å². The second-order valence-electron chi connectivity index (χ2n) is 5.72. The summed E-state index contributed by atoms with van der Waals surface area (Å²) >= 11 is 0. The summed E-state index contributed by atoms with van der Waals surface area (Å²) in [6, 6.07) is 6.43. The van der Waals surface area contributed by atoms with E-state index in [9.17, 15) is 9.59 Å². The SMILES string of the molecule is CC1CCCCC1N(C)C(=O)Nc1ccccc1C(=O)O. The Hall–Kier alpha value is -2.04. The fraction of sp³-hybridized carbons (Fsp3) is 0.500. The number of rotatable bonds is 3. The van der Waals surface area contributed by atoms with Crippen LogP contribution < -0.4 is 5.32 Å². The molecule has 5 heteroatoms. The predicted octanol–water partition coefficient (Wildman–Crippen LogP) is 3.43. The maximum Gasteiger partial charge on any atom is 0.337 e. The van der Waals surface area contributed by atoms with Crippen LogP contribution in [0.25, 0.3) is 0 Å². The van der Waals surface area contributed by atoms with Gasteiger partial charge < -0.3 is 15.3 Å². The van der Waals surface area contributed by atoms with Crippen LogP contribution in [0.3, 0.4) is 0 Å². The van der Waals surface area contributed by atoms with E-state index in [-0.39, 0.29) is 17.6 Å². The molecule has 2 rings (SSSR count). The molecule has 1 aromatic carbocycles. The van der Waals surface area contributed by atoms with Gasteiger partial charge in [0.05, 0.1) is 11.3 Å². The Bertz CT molecular complexity index is 530. The number of hydrogen-bond donors (Lipinski definition) is 2. The molecular formula is C16H22N2O3. The van der Waals surface area contributed by atoms with Gasteiger partial charge in [0.1, 0.15) is 0 Å². The largest absolute Gasteiger partial charge is 0.478 e. The number of carboxylic acid groups (broad SMARTS) is 1. The summed E-state index contributed by atoms with van der Waals surface area (Å²) in [4.78, 5) is 25.2. The first-order valence-corrected chi connectivity index (χ1v) is 7.37. The highest BCUT2D eigenvalue weighted by atomic mass is 16.4. The number of nitrogens with zero attached hydrogens (tertiary/aromatic N) is 1. The molecule has 2 amide bonds. The molecule has 1 fully saturated rings. The molecule has 0 saturated heterocycles. The van der Waals surface area contributed by atoms with Gasteiger partial charge in [-0.25, -0.2) is 9.59 Å². The van der Waals surface area contributed by atoms with E-state index in [1.165, 1.54) is 12.5 Å². The van der Waals surface area contributed by atoms with Gasteiger partial charge in [0, 0.05) is 13.1 Å². The monoisotopic (exact) mass is 290 g/mol. The highest BCUT2D eigenvalue weighted by Crippen LogP contribution is 2.28. The zero-order chi connectivity index (χ0) is 15.4. The summed E-state index contributed by atoms with van der Waals surface area (Å²) in [5.74, 6) is -0.566. The maximum absolute atomic E-state index is 12.4. The van der Waals surface area contributed by atoms with Crippen LogP contribution in [0.1, 0.15) is 43.0 Å². The first-order valence-electron chi connectivity index (χ1n) is 7.37. The van der Waals surface area contributed by atoms with Gasteiger partial charge in [0.25, 0.3) is 0 Å².